The van der Waals surface area contributed by atoms with Gasteiger partial charge in [0.2, 0.25) is 0 Å². The molecule has 0 saturated heterocycles. The SMILES string of the molecule is C/C=C/c1cccc(C(=O)OC2CCCC2)c1C(=O)NCCC(=O)OCc1ccc(OC)cc1. The minimum absolute atomic E-state index is 0.00946. The van der Waals surface area contributed by atoms with Crippen molar-refractivity contribution in [2.45, 2.75) is 51.7 Å². The molecule has 1 aliphatic carbocycles. The normalized spacial score (nSPS) is 13.6. The number of methoxy groups -OCH3 is 1. The van der Waals surface area contributed by atoms with Gasteiger partial charge in [0.25, 0.3) is 5.91 Å². The number of hydrogen-bond acceptors (Lipinski definition) is 6. The van der Waals surface area contributed by atoms with Gasteiger partial charge in [-0.2, -0.15) is 0 Å². The molecule has 7 nitrogen and oxygen atoms in total. The quantitative estimate of drug-likeness (QED) is 0.512. The zero-order valence-electron chi connectivity index (χ0n) is 19.7. The van der Waals surface area contributed by atoms with Gasteiger partial charge in [0, 0.05) is 6.54 Å². The van der Waals surface area contributed by atoms with E-state index in [1.165, 1.54) is 0 Å². The molecule has 7 heteroatoms. The minimum atomic E-state index is -0.498. The Hall–Kier alpha value is -3.61. The number of esters is 2. The van der Waals surface area contributed by atoms with E-state index in [4.69, 9.17) is 14.2 Å². The molecule has 0 atom stereocenters. The minimum Gasteiger partial charge on any atom is -0.497 e. The Kier molecular flexibility index (Phi) is 9.26. The number of nitrogens with one attached hydrogen (secondary N) is 1. The lowest BCUT2D eigenvalue weighted by molar-refractivity contribution is -0.144. The largest absolute Gasteiger partial charge is 0.497 e. The number of rotatable bonds is 10. The Bertz CT molecular complexity index is 1020. The van der Waals surface area contributed by atoms with E-state index in [2.05, 4.69) is 5.32 Å². The van der Waals surface area contributed by atoms with Gasteiger partial charge in [0.15, 0.2) is 0 Å². The predicted molar refractivity (Wildman–Crippen MR) is 129 cm³/mol. The average molecular weight is 466 g/mol. The standard InChI is InChI=1S/C27H31NO6/c1-3-7-20-8-6-11-23(27(31)34-22-9-4-5-10-22)25(20)26(30)28-17-16-24(29)33-18-19-12-14-21(32-2)15-13-19/h3,6-8,11-15,22H,4-5,9-10,16-18H2,1-2H3,(H,28,30)/b7-3+. The van der Waals surface area contributed by atoms with Crippen molar-refractivity contribution in [2.24, 2.45) is 0 Å². The van der Waals surface area contributed by atoms with Crippen molar-refractivity contribution in [2.75, 3.05) is 13.7 Å². The number of carbonyl (C=O) groups excluding carboxylic acids is 3. The molecule has 2 aromatic rings. The molecule has 34 heavy (non-hydrogen) atoms. The van der Waals surface area contributed by atoms with E-state index in [1.54, 1.807) is 49.6 Å². The van der Waals surface area contributed by atoms with E-state index in [-0.39, 0.29) is 36.8 Å². The van der Waals surface area contributed by atoms with Crippen LogP contribution in [-0.4, -0.2) is 37.6 Å². The monoisotopic (exact) mass is 465 g/mol. The Labute approximate surface area is 200 Å². The molecular formula is C27H31NO6. The predicted octanol–water partition coefficient (Wildman–Crippen LogP) is 4.69. The van der Waals surface area contributed by atoms with E-state index in [9.17, 15) is 14.4 Å². The number of allylic oxidation sites excluding steroid dienone is 1. The number of hydrogen-bond donors (Lipinski definition) is 1. The maximum atomic E-state index is 13.0. The third-order valence-corrected chi connectivity index (χ3v) is 5.64. The summed E-state index contributed by atoms with van der Waals surface area (Å²) in [6, 6.07) is 12.3. The van der Waals surface area contributed by atoms with E-state index in [0.29, 0.717) is 5.56 Å². The summed E-state index contributed by atoms with van der Waals surface area (Å²) in [5.41, 5.74) is 1.92. The van der Waals surface area contributed by atoms with Gasteiger partial charge >= 0.3 is 11.9 Å². The Morgan fingerprint density at radius 3 is 2.47 bits per heavy atom. The van der Waals surface area contributed by atoms with Crippen molar-refractivity contribution in [1.82, 2.24) is 5.32 Å². The van der Waals surface area contributed by atoms with Gasteiger partial charge in [0.05, 0.1) is 24.7 Å². The topological polar surface area (TPSA) is 90.9 Å². The third kappa shape index (κ3) is 6.94. The first-order valence-corrected chi connectivity index (χ1v) is 11.5. The first-order valence-electron chi connectivity index (χ1n) is 11.5. The van der Waals surface area contributed by atoms with Gasteiger partial charge in [-0.05, 0) is 61.9 Å². The number of benzene rings is 2. The highest BCUT2D eigenvalue weighted by atomic mass is 16.5. The second-order valence-corrected chi connectivity index (χ2v) is 8.10. The Morgan fingerprint density at radius 1 is 1.06 bits per heavy atom. The van der Waals surface area contributed by atoms with Gasteiger partial charge in [-0.1, -0.05) is 36.4 Å². The van der Waals surface area contributed by atoms with Crippen molar-refractivity contribution in [3.8, 4) is 5.75 Å². The van der Waals surface area contributed by atoms with Crippen LogP contribution >= 0.6 is 0 Å². The smallest absolute Gasteiger partial charge is 0.339 e. The molecule has 0 radical (unpaired) electrons. The molecular weight excluding hydrogens is 434 g/mol. The van der Waals surface area contributed by atoms with E-state index in [1.807, 2.05) is 19.1 Å². The summed E-state index contributed by atoms with van der Waals surface area (Å²) in [5.74, 6) is -0.640. The van der Waals surface area contributed by atoms with Crippen molar-refractivity contribution >= 4 is 23.9 Å². The maximum Gasteiger partial charge on any atom is 0.339 e. The number of amides is 1. The first kappa shape index (κ1) is 25.0. The molecule has 1 amide bonds. The fourth-order valence-electron chi connectivity index (χ4n) is 3.86. The van der Waals surface area contributed by atoms with E-state index >= 15 is 0 Å². The van der Waals surface area contributed by atoms with Gasteiger partial charge in [-0.15, -0.1) is 0 Å². The summed E-state index contributed by atoms with van der Waals surface area (Å²) < 4.78 is 16.0. The molecule has 0 aromatic heterocycles. The second-order valence-electron chi connectivity index (χ2n) is 8.10. The first-order chi connectivity index (χ1) is 16.5. The number of carbonyl (C=O) groups is 3. The van der Waals surface area contributed by atoms with Gasteiger partial charge < -0.3 is 19.5 Å². The van der Waals surface area contributed by atoms with Crippen molar-refractivity contribution in [3.05, 3.63) is 70.8 Å². The summed E-state index contributed by atoms with van der Waals surface area (Å²) in [6.07, 6.45) is 7.25. The fraction of sp³-hybridized carbons (Fsp3) is 0.370. The second kappa shape index (κ2) is 12.6. The van der Waals surface area contributed by atoms with Crippen LogP contribution in [-0.2, 0) is 20.9 Å². The molecule has 0 aliphatic heterocycles. The molecule has 1 saturated carbocycles. The van der Waals surface area contributed by atoms with Crippen LogP contribution in [0, 0.1) is 0 Å². The van der Waals surface area contributed by atoms with Gasteiger partial charge in [-0.25, -0.2) is 4.79 Å². The summed E-state index contributed by atoms with van der Waals surface area (Å²) in [6.45, 7) is 2.06. The molecule has 1 aliphatic rings. The summed E-state index contributed by atoms with van der Waals surface area (Å²) in [4.78, 5) is 37.9. The van der Waals surface area contributed by atoms with Crippen LogP contribution in [0.4, 0.5) is 0 Å². The molecule has 0 spiro atoms. The number of ether oxygens (including phenoxy) is 3. The van der Waals surface area contributed by atoms with Crippen LogP contribution in [0.15, 0.2) is 48.5 Å². The van der Waals surface area contributed by atoms with Crippen molar-refractivity contribution < 1.29 is 28.6 Å². The lowest BCUT2D eigenvalue weighted by Crippen LogP contribution is -2.29. The molecule has 2 aromatic carbocycles. The summed E-state index contributed by atoms with van der Waals surface area (Å²) in [5, 5.41) is 2.73. The van der Waals surface area contributed by atoms with Gasteiger partial charge in [0.1, 0.15) is 18.5 Å². The van der Waals surface area contributed by atoms with Crippen LogP contribution in [0.3, 0.4) is 0 Å². The summed E-state index contributed by atoms with van der Waals surface area (Å²) >= 11 is 0. The molecule has 0 bridgehead atoms. The van der Waals surface area contributed by atoms with Crippen LogP contribution in [0.25, 0.3) is 6.08 Å². The zero-order chi connectivity index (χ0) is 24.3. The molecule has 1 fully saturated rings. The molecule has 3 rings (SSSR count). The van der Waals surface area contributed by atoms with Crippen molar-refractivity contribution in [1.29, 1.82) is 0 Å². The highest BCUT2D eigenvalue weighted by molar-refractivity contribution is 6.07. The zero-order valence-corrected chi connectivity index (χ0v) is 19.7. The molecule has 1 N–H and O–H groups in total. The lowest BCUT2D eigenvalue weighted by Gasteiger charge is -2.15. The highest BCUT2D eigenvalue weighted by Gasteiger charge is 2.25. The lowest BCUT2D eigenvalue weighted by atomic mass is 9.99. The third-order valence-electron chi connectivity index (χ3n) is 5.64. The van der Waals surface area contributed by atoms with E-state index in [0.717, 1.165) is 37.0 Å². The molecule has 0 unspecified atom stereocenters. The van der Waals surface area contributed by atoms with Gasteiger partial charge in [-0.3, -0.25) is 9.59 Å². The molecule has 0 heterocycles. The van der Waals surface area contributed by atoms with E-state index < -0.39 is 17.8 Å². The van der Waals surface area contributed by atoms with Crippen LogP contribution < -0.4 is 10.1 Å². The maximum absolute atomic E-state index is 13.0. The Morgan fingerprint density at radius 2 is 1.79 bits per heavy atom. The van der Waals surface area contributed by atoms with Crippen molar-refractivity contribution in [3.63, 3.8) is 0 Å². The molecule has 180 valence electrons. The highest BCUT2D eigenvalue weighted by Crippen LogP contribution is 2.24. The van der Waals surface area contributed by atoms with Crippen LogP contribution in [0.2, 0.25) is 0 Å². The average Bonchev–Trinajstić information content (AvgIpc) is 3.36. The fourth-order valence-corrected chi connectivity index (χ4v) is 3.86. The van der Waals surface area contributed by atoms with Crippen LogP contribution in [0.5, 0.6) is 5.75 Å². The Balaban J connectivity index is 1.58. The summed E-state index contributed by atoms with van der Waals surface area (Å²) in [7, 11) is 1.59. The van der Waals surface area contributed by atoms with Crippen LogP contribution in [0.1, 0.15) is 70.9 Å².